The fourth-order valence-corrected chi connectivity index (χ4v) is 1.64. The summed E-state index contributed by atoms with van der Waals surface area (Å²) in [7, 11) is 0. The molecular formula is C13H13NO4. The molecule has 0 aliphatic carbocycles. The van der Waals surface area contributed by atoms with E-state index in [0.29, 0.717) is 5.58 Å². The first-order chi connectivity index (χ1) is 8.56. The molecule has 0 fully saturated rings. The van der Waals surface area contributed by atoms with Gasteiger partial charge in [-0.1, -0.05) is 11.6 Å². The van der Waals surface area contributed by atoms with Gasteiger partial charge in [0.1, 0.15) is 5.58 Å². The van der Waals surface area contributed by atoms with Crippen molar-refractivity contribution in [2.45, 2.75) is 13.3 Å². The third-order valence-corrected chi connectivity index (χ3v) is 2.52. The molecular weight excluding hydrogens is 234 g/mol. The topological polar surface area (TPSA) is 79.5 Å². The van der Waals surface area contributed by atoms with Gasteiger partial charge in [0.05, 0.1) is 6.42 Å². The summed E-state index contributed by atoms with van der Waals surface area (Å²) in [5, 5.41) is 11.8. The van der Waals surface area contributed by atoms with E-state index in [1.54, 1.807) is 12.1 Å². The fraction of sp³-hybridized carbons (Fsp3) is 0.231. The number of carbonyl (C=O) groups excluding carboxylic acids is 1. The second kappa shape index (κ2) is 4.91. The van der Waals surface area contributed by atoms with Crippen LogP contribution in [0.2, 0.25) is 0 Å². The smallest absolute Gasteiger partial charge is 0.305 e. The SMILES string of the molecule is Cc1ccc2oc(C(=O)NCCC(=O)O)cc2c1. The zero-order valence-corrected chi connectivity index (χ0v) is 9.90. The van der Waals surface area contributed by atoms with Crippen LogP contribution in [-0.4, -0.2) is 23.5 Å². The summed E-state index contributed by atoms with van der Waals surface area (Å²) in [5.41, 5.74) is 1.73. The summed E-state index contributed by atoms with van der Waals surface area (Å²) in [5.74, 6) is -1.15. The van der Waals surface area contributed by atoms with E-state index in [4.69, 9.17) is 9.52 Å². The summed E-state index contributed by atoms with van der Waals surface area (Å²) in [4.78, 5) is 22.0. The van der Waals surface area contributed by atoms with Crippen LogP contribution in [0, 0.1) is 6.92 Å². The van der Waals surface area contributed by atoms with Crippen LogP contribution >= 0.6 is 0 Å². The van der Waals surface area contributed by atoms with Crippen molar-refractivity contribution in [1.82, 2.24) is 5.32 Å². The van der Waals surface area contributed by atoms with Crippen LogP contribution < -0.4 is 5.32 Å². The molecule has 1 amide bonds. The molecule has 1 aromatic carbocycles. The minimum atomic E-state index is -0.949. The average molecular weight is 247 g/mol. The highest BCUT2D eigenvalue weighted by Gasteiger charge is 2.12. The van der Waals surface area contributed by atoms with Crippen molar-refractivity contribution in [2.24, 2.45) is 0 Å². The van der Waals surface area contributed by atoms with Gasteiger partial charge in [-0.05, 0) is 25.1 Å². The van der Waals surface area contributed by atoms with E-state index < -0.39 is 11.9 Å². The number of carboxylic acid groups (broad SMARTS) is 1. The number of benzene rings is 1. The van der Waals surface area contributed by atoms with Crippen LogP contribution in [0.3, 0.4) is 0 Å². The Bertz CT molecular complexity index is 600. The van der Waals surface area contributed by atoms with E-state index in [-0.39, 0.29) is 18.7 Å². The maximum atomic E-state index is 11.7. The summed E-state index contributed by atoms with van der Waals surface area (Å²) in [6.07, 6.45) is -0.106. The minimum absolute atomic E-state index is 0.0875. The Labute approximate surface area is 103 Å². The van der Waals surface area contributed by atoms with Gasteiger partial charge in [0.25, 0.3) is 5.91 Å². The maximum absolute atomic E-state index is 11.7. The van der Waals surface area contributed by atoms with Crippen molar-refractivity contribution < 1.29 is 19.1 Å². The van der Waals surface area contributed by atoms with E-state index in [9.17, 15) is 9.59 Å². The lowest BCUT2D eigenvalue weighted by Gasteiger charge is -1.99. The molecule has 0 saturated carbocycles. The molecule has 0 aliphatic rings. The normalized spacial score (nSPS) is 10.5. The second-order valence-electron chi connectivity index (χ2n) is 4.05. The van der Waals surface area contributed by atoms with E-state index in [2.05, 4.69) is 5.32 Å². The molecule has 2 rings (SSSR count). The van der Waals surface area contributed by atoms with Crippen LogP contribution in [0.25, 0.3) is 11.0 Å². The number of carboxylic acids is 1. The largest absolute Gasteiger partial charge is 0.481 e. The van der Waals surface area contributed by atoms with E-state index >= 15 is 0 Å². The molecule has 0 spiro atoms. The average Bonchev–Trinajstić information content (AvgIpc) is 2.71. The van der Waals surface area contributed by atoms with Crippen molar-refractivity contribution in [1.29, 1.82) is 0 Å². The van der Waals surface area contributed by atoms with E-state index in [0.717, 1.165) is 10.9 Å². The van der Waals surface area contributed by atoms with Crippen molar-refractivity contribution in [2.75, 3.05) is 6.54 Å². The molecule has 2 aromatic rings. The van der Waals surface area contributed by atoms with Gasteiger partial charge in [-0.3, -0.25) is 9.59 Å². The molecule has 5 nitrogen and oxygen atoms in total. The number of fused-ring (bicyclic) bond motifs is 1. The standard InChI is InChI=1S/C13H13NO4/c1-8-2-3-10-9(6-8)7-11(18-10)13(17)14-5-4-12(15)16/h2-3,6-7H,4-5H2,1H3,(H,14,17)(H,15,16). The highest BCUT2D eigenvalue weighted by atomic mass is 16.4. The maximum Gasteiger partial charge on any atom is 0.305 e. The number of carbonyl (C=O) groups is 2. The van der Waals surface area contributed by atoms with Crippen molar-refractivity contribution in [3.63, 3.8) is 0 Å². The van der Waals surface area contributed by atoms with Gasteiger partial charge in [0, 0.05) is 11.9 Å². The summed E-state index contributed by atoms with van der Waals surface area (Å²) >= 11 is 0. The second-order valence-corrected chi connectivity index (χ2v) is 4.05. The summed E-state index contributed by atoms with van der Waals surface area (Å²) < 4.78 is 5.38. The monoisotopic (exact) mass is 247 g/mol. The van der Waals surface area contributed by atoms with Gasteiger partial charge in [0.15, 0.2) is 5.76 Å². The van der Waals surface area contributed by atoms with E-state index in [1.807, 2.05) is 19.1 Å². The quantitative estimate of drug-likeness (QED) is 0.865. The van der Waals surface area contributed by atoms with Crippen LogP contribution in [0.4, 0.5) is 0 Å². The fourth-order valence-electron chi connectivity index (χ4n) is 1.64. The summed E-state index contributed by atoms with van der Waals surface area (Å²) in [6, 6.07) is 7.28. The Morgan fingerprint density at radius 3 is 2.83 bits per heavy atom. The number of hydrogen-bond donors (Lipinski definition) is 2. The third-order valence-electron chi connectivity index (χ3n) is 2.52. The molecule has 0 atom stereocenters. The first-order valence-corrected chi connectivity index (χ1v) is 5.56. The first kappa shape index (κ1) is 12.2. The Morgan fingerprint density at radius 2 is 2.11 bits per heavy atom. The van der Waals surface area contributed by atoms with Crippen LogP contribution in [0.1, 0.15) is 22.5 Å². The van der Waals surface area contributed by atoms with Crippen LogP contribution in [-0.2, 0) is 4.79 Å². The van der Waals surface area contributed by atoms with E-state index in [1.165, 1.54) is 0 Å². The number of nitrogens with one attached hydrogen (secondary N) is 1. The number of rotatable bonds is 4. The Hall–Kier alpha value is -2.30. The first-order valence-electron chi connectivity index (χ1n) is 5.56. The molecule has 1 aromatic heterocycles. The molecule has 0 unspecified atom stereocenters. The lowest BCUT2D eigenvalue weighted by atomic mass is 10.2. The molecule has 94 valence electrons. The predicted molar refractivity (Wildman–Crippen MR) is 65.5 cm³/mol. The molecule has 0 bridgehead atoms. The van der Waals surface area contributed by atoms with Gasteiger partial charge < -0.3 is 14.8 Å². The zero-order chi connectivity index (χ0) is 13.1. The highest BCUT2D eigenvalue weighted by Crippen LogP contribution is 2.20. The highest BCUT2D eigenvalue weighted by molar-refractivity contribution is 5.96. The van der Waals surface area contributed by atoms with Gasteiger partial charge in [-0.2, -0.15) is 0 Å². The number of hydrogen-bond acceptors (Lipinski definition) is 3. The lowest BCUT2D eigenvalue weighted by molar-refractivity contribution is -0.136. The molecule has 18 heavy (non-hydrogen) atoms. The number of aliphatic carboxylic acids is 1. The van der Waals surface area contributed by atoms with Crippen molar-refractivity contribution >= 4 is 22.8 Å². The predicted octanol–water partition coefficient (Wildman–Crippen LogP) is 1.95. The van der Waals surface area contributed by atoms with Gasteiger partial charge in [-0.25, -0.2) is 0 Å². The van der Waals surface area contributed by atoms with Gasteiger partial charge in [-0.15, -0.1) is 0 Å². The lowest BCUT2D eigenvalue weighted by Crippen LogP contribution is -2.25. The Morgan fingerprint density at radius 1 is 1.33 bits per heavy atom. The minimum Gasteiger partial charge on any atom is -0.481 e. The molecule has 2 N–H and O–H groups in total. The number of furan rings is 1. The zero-order valence-electron chi connectivity index (χ0n) is 9.90. The molecule has 0 radical (unpaired) electrons. The van der Waals surface area contributed by atoms with Crippen LogP contribution in [0.15, 0.2) is 28.7 Å². The molecule has 0 aliphatic heterocycles. The molecule has 1 heterocycles. The number of aryl methyl sites for hydroxylation is 1. The van der Waals surface area contributed by atoms with Crippen molar-refractivity contribution in [3.8, 4) is 0 Å². The van der Waals surface area contributed by atoms with Gasteiger partial charge >= 0.3 is 5.97 Å². The Balaban J connectivity index is 2.10. The van der Waals surface area contributed by atoms with Crippen molar-refractivity contribution in [3.05, 3.63) is 35.6 Å². The number of amides is 1. The molecule has 0 saturated heterocycles. The third kappa shape index (κ3) is 2.68. The summed E-state index contributed by atoms with van der Waals surface area (Å²) in [6.45, 7) is 2.04. The van der Waals surface area contributed by atoms with Crippen LogP contribution in [0.5, 0.6) is 0 Å². The molecule has 5 heteroatoms. The van der Waals surface area contributed by atoms with Gasteiger partial charge in [0.2, 0.25) is 0 Å². The Kier molecular flexibility index (Phi) is 3.32.